The monoisotopic (exact) mass is 345 g/mol. The quantitative estimate of drug-likeness (QED) is 0.492. The van der Waals surface area contributed by atoms with Gasteiger partial charge in [0.05, 0.1) is 20.4 Å². The van der Waals surface area contributed by atoms with E-state index in [4.69, 9.17) is 9.47 Å². The van der Waals surface area contributed by atoms with Gasteiger partial charge in [-0.05, 0) is 42.5 Å². The summed E-state index contributed by atoms with van der Waals surface area (Å²) in [6, 6.07) is 10.1. The van der Waals surface area contributed by atoms with Crippen molar-refractivity contribution in [2.75, 3.05) is 19.5 Å². The molecule has 0 bridgehead atoms. The molecule has 2 aromatic rings. The summed E-state index contributed by atoms with van der Waals surface area (Å²) in [4.78, 5) is 23.4. The summed E-state index contributed by atoms with van der Waals surface area (Å²) < 4.78 is 23.1. The number of hydrogen-bond acceptors (Lipinski definition) is 5. The Morgan fingerprint density at radius 1 is 1.04 bits per heavy atom. The van der Waals surface area contributed by atoms with Crippen LogP contribution in [0.2, 0.25) is 0 Å². The summed E-state index contributed by atoms with van der Waals surface area (Å²) in [6.07, 6.45) is 1.32. The molecule has 2 aromatic carbocycles. The average molecular weight is 345 g/mol. The van der Waals surface area contributed by atoms with Crippen molar-refractivity contribution in [2.45, 2.75) is 0 Å². The normalized spacial score (nSPS) is 10.4. The minimum atomic E-state index is -0.970. The number of hydrazone groups is 1. The molecule has 0 saturated carbocycles. The van der Waals surface area contributed by atoms with E-state index in [0.29, 0.717) is 22.7 Å². The first-order chi connectivity index (χ1) is 12.0. The number of hydrogen-bond donors (Lipinski definition) is 2. The van der Waals surface area contributed by atoms with Crippen molar-refractivity contribution in [3.63, 3.8) is 0 Å². The van der Waals surface area contributed by atoms with Crippen molar-refractivity contribution >= 4 is 23.7 Å². The topological polar surface area (TPSA) is 89.0 Å². The minimum Gasteiger partial charge on any atom is -0.497 e. The summed E-state index contributed by atoms with van der Waals surface area (Å²) in [5.41, 5.74) is 2.95. The molecule has 0 aliphatic rings. The lowest BCUT2D eigenvalue weighted by molar-refractivity contribution is -0.136. The highest BCUT2D eigenvalue weighted by Crippen LogP contribution is 2.22. The van der Waals surface area contributed by atoms with Crippen LogP contribution in [0, 0.1) is 5.82 Å². The highest BCUT2D eigenvalue weighted by Gasteiger charge is 2.13. The van der Waals surface area contributed by atoms with E-state index < -0.39 is 17.6 Å². The molecule has 0 aromatic heterocycles. The Hall–Kier alpha value is -3.42. The van der Waals surface area contributed by atoms with Crippen LogP contribution in [0.3, 0.4) is 0 Å². The van der Waals surface area contributed by atoms with Crippen LogP contribution in [0.15, 0.2) is 47.6 Å². The molecule has 0 atom stereocenters. The average Bonchev–Trinajstić information content (AvgIpc) is 2.63. The van der Waals surface area contributed by atoms with Gasteiger partial charge in [-0.15, -0.1) is 0 Å². The van der Waals surface area contributed by atoms with E-state index in [1.54, 1.807) is 18.2 Å². The minimum absolute atomic E-state index is 0.292. The van der Waals surface area contributed by atoms with Gasteiger partial charge < -0.3 is 14.8 Å². The van der Waals surface area contributed by atoms with E-state index >= 15 is 0 Å². The summed E-state index contributed by atoms with van der Waals surface area (Å²) in [6.45, 7) is 0. The van der Waals surface area contributed by atoms with E-state index in [9.17, 15) is 14.0 Å². The zero-order valence-electron chi connectivity index (χ0n) is 13.6. The molecule has 0 unspecified atom stereocenters. The number of methoxy groups -OCH3 is 2. The Bertz CT molecular complexity index is 791. The first kappa shape index (κ1) is 17.9. The highest BCUT2D eigenvalue weighted by molar-refractivity contribution is 6.39. The molecule has 25 heavy (non-hydrogen) atoms. The maximum Gasteiger partial charge on any atom is 0.329 e. The van der Waals surface area contributed by atoms with Crippen molar-refractivity contribution in [1.82, 2.24) is 5.43 Å². The van der Waals surface area contributed by atoms with Crippen molar-refractivity contribution in [3.05, 3.63) is 53.8 Å². The zero-order chi connectivity index (χ0) is 18.2. The fraction of sp³-hybridized carbons (Fsp3) is 0.118. The van der Waals surface area contributed by atoms with Gasteiger partial charge in [-0.3, -0.25) is 9.59 Å². The number of benzene rings is 2. The summed E-state index contributed by atoms with van der Waals surface area (Å²) >= 11 is 0. The number of nitrogens with one attached hydrogen (secondary N) is 2. The molecule has 0 aliphatic carbocycles. The van der Waals surface area contributed by atoms with Gasteiger partial charge in [0.25, 0.3) is 0 Å². The molecular formula is C17H16FN3O4. The second-order valence-electron chi connectivity index (χ2n) is 4.77. The molecule has 130 valence electrons. The van der Waals surface area contributed by atoms with Gasteiger partial charge in [-0.25, -0.2) is 9.82 Å². The van der Waals surface area contributed by atoms with Crippen LogP contribution >= 0.6 is 0 Å². The fourth-order valence-electron chi connectivity index (χ4n) is 1.87. The number of ether oxygens (including phenoxy) is 2. The number of halogens is 1. The summed E-state index contributed by atoms with van der Waals surface area (Å²) in [5, 5.41) is 6.04. The zero-order valence-corrected chi connectivity index (χ0v) is 13.6. The summed E-state index contributed by atoms with van der Waals surface area (Å²) in [7, 11) is 3.01. The molecule has 2 amide bonds. The first-order valence-corrected chi connectivity index (χ1v) is 7.15. The molecule has 0 spiro atoms. The van der Waals surface area contributed by atoms with Gasteiger partial charge in [0.1, 0.15) is 17.3 Å². The van der Waals surface area contributed by atoms with Crippen molar-refractivity contribution in [3.8, 4) is 11.5 Å². The smallest absolute Gasteiger partial charge is 0.329 e. The van der Waals surface area contributed by atoms with E-state index in [0.717, 1.165) is 0 Å². The van der Waals surface area contributed by atoms with Crippen LogP contribution in [-0.2, 0) is 9.59 Å². The molecule has 7 nitrogen and oxygen atoms in total. The standard InChI is InChI=1S/C17H16FN3O4/c1-24-14-7-8-15(25-2)11(9-14)10-19-21-17(23)16(22)20-13-5-3-12(18)4-6-13/h3-10H,1-2H3,(H,20,22)(H,21,23). The predicted octanol–water partition coefficient (Wildman–Crippen LogP) is 1.93. The number of carbonyl (C=O) groups is 2. The van der Waals surface area contributed by atoms with Crippen LogP contribution in [0.4, 0.5) is 10.1 Å². The van der Waals surface area contributed by atoms with Crippen LogP contribution in [0.5, 0.6) is 11.5 Å². The van der Waals surface area contributed by atoms with Crippen LogP contribution in [0.1, 0.15) is 5.56 Å². The molecular weight excluding hydrogens is 329 g/mol. The van der Waals surface area contributed by atoms with Crippen LogP contribution in [-0.4, -0.2) is 32.2 Å². The second kappa shape index (κ2) is 8.44. The molecule has 0 radical (unpaired) electrons. The molecule has 0 fully saturated rings. The maximum absolute atomic E-state index is 12.8. The van der Waals surface area contributed by atoms with E-state index in [1.165, 1.54) is 44.7 Å². The van der Waals surface area contributed by atoms with Crippen LogP contribution < -0.4 is 20.2 Å². The highest BCUT2D eigenvalue weighted by atomic mass is 19.1. The lowest BCUT2D eigenvalue weighted by Crippen LogP contribution is -2.32. The number of nitrogens with zero attached hydrogens (tertiary/aromatic N) is 1. The largest absolute Gasteiger partial charge is 0.497 e. The number of carbonyl (C=O) groups excluding carboxylic acids is 2. The molecule has 0 heterocycles. The van der Waals surface area contributed by atoms with Crippen LogP contribution in [0.25, 0.3) is 0 Å². The maximum atomic E-state index is 12.8. The molecule has 8 heteroatoms. The summed E-state index contributed by atoms with van der Waals surface area (Å²) in [5.74, 6) is -1.24. The fourth-order valence-corrected chi connectivity index (χ4v) is 1.87. The molecule has 2 N–H and O–H groups in total. The Morgan fingerprint density at radius 3 is 2.40 bits per heavy atom. The van der Waals surface area contributed by atoms with Gasteiger partial charge >= 0.3 is 11.8 Å². The van der Waals surface area contributed by atoms with Gasteiger partial charge in [-0.1, -0.05) is 0 Å². The Kier molecular flexibility index (Phi) is 6.05. The van der Waals surface area contributed by atoms with E-state index in [1.807, 2.05) is 0 Å². The van der Waals surface area contributed by atoms with Gasteiger partial charge in [0.15, 0.2) is 0 Å². The Balaban J connectivity index is 1.97. The van der Waals surface area contributed by atoms with Crippen molar-refractivity contribution in [1.29, 1.82) is 0 Å². The molecule has 0 saturated heterocycles. The third-order valence-electron chi connectivity index (χ3n) is 3.11. The Labute approximate surface area is 143 Å². The van der Waals surface area contributed by atoms with Crippen molar-refractivity contribution < 1.29 is 23.5 Å². The predicted molar refractivity (Wildman–Crippen MR) is 90.3 cm³/mol. The Morgan fingerprint density at radius 2 is 1.76 bits per heavy atom. The van der Waals surface area contributed by atoms with E-state index in [-0.39, 0.29) is 0 Å². The lowest BCUT2D eigenvalue weighted by Gasteiger charge is -2.07. The number of anilines is 1. The molecule has 0 aliphatic heterocycles. The van der Waals surface area contributed by atoms with E-state index in [2.05, 4.69) is 15.8 Å². The number of rotatable bonds is 5. The third-order valence-corrected chi connectivity index (χ3v) is 3.11. The SMILES string of the molecule is COc1ccc(OC)c(C=NNC(=O)C(=O)Nc2ccc(F)cc2)c1. The van der Waals surface area contributed by atoms with Gasteiger partial charge in [0.2, 0.25) is 0 Å². The molecule has 2 rings (SSSR count). The lowest BCUT2D eigenvalue weighted by atomic mass is 10.2. The second-order valence-corrected chi connectivity index (χ2v) is 4.77. The van der Waals surface area contributed by atoms with Gasteiger partial charge in [-0.2, -0.15) is 5.10 Å². The van der Waals surface area contributed by atoms with Gasteiger partial charge in [0, 0.05) is 11.3 Å². The van der Waals surface area contributed by atoms with Crippen molar-refractivity contribution in [2.24, 2.45) is 5.10 Å². The number of amides is 2. The first-order valence-electron chi connectivity index (χ1n) is 7.15. The third kappa shape index (κ3) is 5.03.